The molecule has 0 aliphatic heterocycles. The monoisotopic (exact) mass is 199 g/mol. The third-order valence-electron chi connectivity index (χ3n) is 2.24. The van der Waals surface area contributed by atoms with Crippen molar-refractivity contribution in [2.24, 2.45) is 0 Å². The zero-order valence-electron chi connectivity index (χ0n) is 8.52. The topological polar surface area (TPSA) is 35.2 Å². The molecule has 74 valence electrons. The minimum Gasteiger partial charge on any atom is -0.390 e. The molecular formula is C10H17NOS. The Labute approximate surface area is 83.7 Å². The molecule has 0 radical (unpaired) electrons. The van der Waals surface area contributed by atoms with Crippen LogP contribution in [0, 0.1) is 13.8 Å². The summed E-state index contributed by atoms with van der Waals surface area (Å²) in [5, 5.41) is 0.953. The van der Waals surface area contributed by atoms with Crippen LogP contribution in [0.25, 0.3) is 0 Å². The SMILES string of the molecule is CCOCCc1c(N)sc(C)c1C. The first-order chi connectivity index (χ1) is 6.16. The Kier molecular flexibility index (Phi) is 3.75. The average Bonchev–Trinajstić information content (AvgIpc) is 2.32. The summed E-state index contributed by atoms with van der Waals surface area (Å²) in [4.78, 5) is 1.32. The van der Waals surface area contributed by atoms with Gasteiger partial charge in [0.05, 0.1) is 11.6 Å². The van der Waals surface area contributed by atoms with Gasteiger partial charge in [-0.25, -0.2) is 0 Å². The maximum atomic E-state index is 5.89. The van der Waals surface area contributed by atoms with E-state index in [1.54, 1.807) is 11.3 Å². The van der Waals surface area contributed by atoms with Crippen molar-refractivity contribution in [3.05, 3.63) is 16.0 Å². The van der Waals surface area contributed by atoms with E-state index in [0.29, 0.717) is 0 Å². The summed E-state index contributed by atoms with van der Waals surface area (Å²) < 4.78 is 5.31. The van der Waals surface area contributed by atoms with E-state index in [9.17, 15) is 0 Å². The highest BCUT2D eigenvalue weighted by atomic mass is 32.1. The van der Waals surface area contributed by atoms with Crippen LogP contribution in [0.1, 0.15) is 22.9 Å². The van der Waals surface area contributed by atoms with Crippen LogP contribution in [-0.4, -0.2) is 13.2 Å². The van der Waals surface area contributed by atoms with Crippen molar-refractivity contribution in [2.75, 3.05) is 18.9 Å². The second kappa shape index (κ2) is 4.63. The van der Waals surface area contributed by atoms with E-state index in [2.05, 4.69) is 13.8 Å². The Morgan fingerprint density at radius 1 is 1.38 bits per heavy atom. The Bertz CT molecular complexity index is 281. The third-order valence-corrected chi connectivity index (χ3v) is 3.32. The van der Waals surface area contributed by atoms with E-state index in [0.717, 1.165) is 24.6 Å². The Morgan fingerprint density at radius 3 is 2.54 bits per heavy atom. The lowest BCUT2D eigenvalue weighted by Gasteiger charge is -2.02. The predicted molar refractivity (Wildman–Crippen MR) is 58.4 cm³/mol. The van der Waals surface area contributed by atoms with Gasteiger partial charge in [-0.1, -0.05) is 0 Å². The lowest BCUT2D eigenvalue weighted by atomic mass is 10.1. The quantitative estimate of drug-likeness (QED) is 0.756. The van der Waals surface area contributed by atoms with Gasteiger partial charge in [0.1, 0.15) is 0 Å². The number of aryl methyl sites for hydroxylation is 1. The highest BCUT2D eigenvalue weighted by molar-refractivity contribution is 7.16. The van der Waals surface area contributed by atoms with E-state index >= 15 is 0 Å². The number of ether oxygens (including phenoxy) is 1. The molecule has 13 heavy (non-hydrogen) atoms. The minimum atomic E-state index is 0.776. The summed E-state index contributed by atoms with van der Waals surface area (Å²) in [5.41, 5.74) is 8.50. The number of thiophene rings is 1. The van der Waals surface area contributed by atoms with Crippen molar-refractivity contribution in [3.8, 4) is 0 Å². The zero-order chi connectivity index (χ0) is 9.84. The van der Waals surface area contributed by atoms with Crippen molar-refractivity contribution in [1.82, 2.24) is 0 Å². The summed E-state index contributed by atoms with van der Waals surface area (Å²) in [7, 11) is 0. The highest BCUT2D eigenvalue weighted by Crippen LogP contribution is 2.29. The second-order valence-corrected chi connectivity index (χ2v) is 4.33. The third kappa shape index (κ3) is 2.45. The molecule has 0 aliphatic rings. The molecule has 2 N–H and O–H groups in total. The van der Waals surface area contributed by atoms with Crippen LogP contribution in [0.4, 0.5) is 5.00 Å². The lowest BCUT2D eigenvalue weighted by molar-refractivity contribution is 0.151. The first-order valence-electron chi connectivity index (χ1n) is 4.58. The Morgan fingerprint density at radius 2 is 2.08 bits per heavy atom. The van der Waals surface area contributed by atoms with Gasteiger partial charge in [0.2, 0.25) is 0 Å². The number of nitrogen functional groups attached to an aromatic ring is 1. The molecule has 1 aromatic heterocycles. The lowest BCUT2D eigenvalue weighted by Crippen LogP contribution is -2.00. The molecule has 1 heterocycles. The van der Waals surface area contributed by atoms with Crippen molar-refractivity contribution < 1.29 is 4.74 Å². The smallest absolute Gasteiger partial charge is 0.0895 e. The molecule has 0 aliphatic carbocycles. The Hall–Kier alpha value is -0.540. The zero-order valence-corrected chi connectivity index (χ0v) is 9.33. The standard InChI is InChI=1S/C10H17NOS/c1-4-12-6-5-9-7(2)8(3)13-10(9)11/h4-6,11H2,1-3H3. The van der Waals surface area contributed by atoms with Crippen LogP contribution >= 0.6 is 11.3 Å². The maximum absolute atomic E-state index is 5.89. The van der Waals surface area contributed by atoms with Gasteiger partial charge < -0.3 is 10.5 Å². The molecule has 0 saturated carbocycles. The number of hydrogen-bond donors (Lipinski definition) is 1. The highest BCUT2D eigenvalue weighted by Gasteiger charge is 2.08. The van der Waals surface area contributed by atoms with Crippen LogP contribution in [0.3, 0.4) is 0 Å². The normalized spacial score (nSPS) is 10.7. The molecule has 0 aromatic carbocycles. The number of rotatable bonds is 4. The fourth-order valence-corrected chi connectivity index (χ4v) is 2.31. The van der Waals surface area contributed by atoms with Crippen molar-refractivity contribution >= 4 is 16.3 Å². The maximum Gasteiger partial charge on any atom is 0.0895 e. The van der Waals surface area contributed by atoms with Crippen LogP contribution in [0.5, 0.6) is 0 Å². The van der Waals surface area contributed by atoms with Crippen molar-refractivity contribution in [2.45, 2.75) is 27.2 Å². The first kappa shape index (κ1) is 10.5. The van der Waals surface area contributed by atoms with E-state index in [1.807, 2.05) is 6.92 Å². The molecule has 0 fully saturated rings. The van der Waals surface area contributed by atoms with Gasteiger partial charge >= 0.3 is 0 Å². The predicted octanol–water partition coefficient (Wildman–Crippen LogP) is 2.53. The van der Waals surface area contributed by atoms with Gasteiger partial charge in [-0.2, -0.15) is 0 Å². The van der Waals surface area contributed by atoms with Gasteiger partial charge in [0, 0.05) is 11.5 Å². The van der Waals surface area contributed by atoms with E-state index < -0.39 is 0 Å². The van der Waals surface area contributed by atoms with Gasteiger partial charge in [0.25, 0.3) is 0 Å². The van der Waals surface area contributed by atoms with E-state index in [1.165, 1.54) is 16.0 Å². The number of hydrogen-bond acceptors (Lipinski definition) is 3. The van der Waals surface area contributed by atoms with Crippen LogP contribution in [0.2, 0.25) is 0 Å². The summed E-state index contributed by atoms with van der Waals surface area (Å²) in [6.45, 7) is 7.80. The van der Waals surface area contributed by atoms with E-state index in [4.69, 9.17) is 10.5 Å². The van der Waals surface area contributed by atoms with Gasteiger partial charge in [-0.05, 0) is 38.3 Å². The second-order valence-electron chi connectivity index (χ2n) is 3.07. The molecule has 0 saturated heterocycles. The largest absolute Gasteiger partial charge is 0.390 e. The first-order valence-corrected chi connectivity index (χ1v) is 5.40. The number of anilines is 1. The van der Waals surface area contributed by atoms with Crippen molar-refractivity contribution in [1.29, 1.82) is 0 Å². The van der Waals surface area contributed by atoms with Gasteiger partial charge in [-0.3, -0.25) is 0 Å². The van der Waals surface area contributed by atoms with E-state index in [-0.39, 0.29) is 0 Å². The molecule has 0 spiro atoms. The number of nitrogens with two attached hydrogens (primary N) is 1. The fourth-order valence-electron chi connectivity index (χ4n) is 1.33. The molecule has 0 unspecified atom stereocenters. The molecular weight excluding hydrogens is 182 g/mol. The summed E-state index contributed by atoms with van der Waals surface area (Å²) in [6.07, 6.45) is 0.940. The molecule has 0 atom stereocenters. The fraction of sp³-hybridized carbons (Fsp3) is 0.600. The summed E-state index contributed by atoms with van der Waals surface area (Å²) in [6, 6.07) is 0. The average molecular weight is 199 g/mol. The molecule has 0 bridgehead atoms. The van der Waals surface area contributed by atoms with Crippen LogP contribution < -0.4 is 5.73 Å². The summed E-state index contributed by atoms with van der Waals surface area (Å²) in [5.74, 6) is 0. The molecule has 2 nitrogen and oxygen atoms in total. The van der Waals surface area contributed by atoms with Crippen molar-refractivity contribution in [3.63, 3.8) is 0 Å². The van der Waals surface area contributed by atoms with Gasteiger partial charge in [0.15, 0.2) is 0 Å². The van der Waals surface area contributed by atoms with Crippen LogP contribution in [0.15, 0.2) is 0 Å². The van der Waals surface area contributed by atoms with Gasteiger partial charge in [-0.15, -0.1) is 11.3 Å². The molecule has 0 amide bonds. The van der Waals surface area contributed by atoms with Crippen LogP contribution in [-0.2, 0) is 11.2 Å². The Balaban J connectivity index is 2.64. The molecule has 3 heteroatoms. The molecule has 1 aromatic rings. The molecule has 1 rings (SSSR count). The minimum absolute atomic E-state index is 0.776. The summed E-state index contributed by atoms with van der Waals surface area (Å²) >= 11 is 1.68.